The first-order valence-electron chi connectivity index (χ1n) is 11.2. The molecule has 1 aliphatic heterocycles. The second-order valence-corrected chi connectivity index (χ2v) is 8.53. The lowest BCUT2D eigenvalue weighted by Gasteiger charge is -2.16. The number of nitrogens with zero attached hydrogens (tertiary/aromatic N) is 2. The van der Waals surface area contributed by atoms with Gasteiger partial charge >= 0.3 is 0 Å². The van der Waals surface area contributed by atoms with Gasteiger partial charge in [0.15, 0.2) is 5.17 Å². The van der Waals surface area contributed by atoms with Crippen molar-refractivity contribution >= 4 is 28.7 Å². The molecule has 32 heavy (non-hydrogen) atoms. The summed E-state index contributed by atoms with van der Waals surface area (Å²) < 4.78 is 11.4. The molecule has 170 valence electrons. The van der Waals surface area contributed by atoms with Gasteiger partial charge in [-0.3, -0.25) is 14.5 Å². The maximum atomic E-state index is 13.1. The molecule has 2 aromatic rings. The summed E-state index contributed by atoms with van der Waals surface area (Å²) in [6, 6.07) is 14.2. The molecule has 0 atom stereocenters. The molecule has 0 N–H and O–H groups in total. The number of hydrogen-bond donors (Lipinski definition) is 0. The minimum absolute atomic E-state index is 0.181. The van der Waals surface area contributed by atoms with Crippen LogP contribution in [0.3, 0.4) is 0 Å². The van der Waals surface area contributed by atoms with E-state index in [2.05, 4.69) is 18.8 Å². The van der Waals surface area contributed by atoms with Crippen LogP contribution < -0.4 is 9.47 Å². The number of thioether (sulfide) groups is 1. The van der Waals surface area contributed by atoms with E-state index in [0.29, 0.717) is 53.3 Å². The Labute approximate surface area is 194 Å². The first-order chi connectivity index (χ1) is 15.6. The van der Waals surface area contributed by atoms with E-state index >= 15 is 0 Å². The number of benzene rings is 2. The highest BCUT2D eigenvalue weighted by atomic mass is 32.2. The van der Waals surface area contributed by atoms with E-state index in [-0.39, 0.29) is 11.8 Å². The molecule has 0 saturated carbocycles. The highest BCUT2D eigenvalue weighted by Crippen LogP contribution is 2.24. The minimum Gasteiger partial charge on any atom is -0.494 e. The van der Waals surface area contributed by atoms with Crippen LogP contribution in [0.15, 0.2) is 53.5 Å². The van der Waals surface area contributed by atoms with Crippen LogP contribution in [-0.4, -0.2) is 47.4 Å². The predicted molar refractivity (Wildman–Crippen MR) is 129 cm³/mol. The molecule has 0 radical (unpaired) electrons. The molecule has 6 nitrogen and oxygen atoms in total. The lowest BCUT2D eigenvalue weighted by molar-refractivity contribution is 0.0858. The fourth-order valence-electron chi connectivity index (χ4n) is 3.10. The number of unbranched alkanes of at least 4 members (excludes halogenated alkanes) is 2. The maximum absolute atomic E-state index is 13.1. The number of amides is 2. The third kappa shape index (κ3) is 6.60. The quantitative estimate of drug-likeness (QED) is 0.448. The van der Waals surface area contributed by atoms with Gasteiger partial charge in [-0.25, -0.2) is 0 Å². The Hall–Kier alpha value is -2.80. The van der Waals surface area contributed by atoms with Gasteiger partial charge in [-0.05, 0) is 49.2 Å². The Balaban J connectivity index is 1.71. The van der Waals surface area contributed by atoms with Crippen LogP contribution in [0.2, 0.25) is 0 Å². The summed E-state index contributed by atoms with van der Waals surface area (Å²) in [6.45, 7) is 5.95. The Morgan fingerprint density at radius 1 is 0.938 bits per heavy atom. The molecule has 0 unspecified atom stereocenters. The Kier molecular flexibility index (Phi) is 9.16. The second-order valence-electron chi connectivity index (χ2n) is 7.46. The monoisotopic (exact) mass is 454 g/mol. The van der Waals surface area contributed by atoms with Crippen molar-refractivity contribution in [3.05, 3.63) is 59.7 Å². The largest absolute Gasteiger partial charge is 0.494 e. The van der Waals surface area contributed by atoms with Gasteiger partial charge in [-0.2, -0.15) is 4.99 Å². The van der Waals surface area contributed by atoms with E-state index in [0.717, 1.165) is 25.7 Å². The number of rotatable bonds is 10. The van der Waals surface area contributed by atoms with Crippen molar-refractivity contribution in [3.63, 3.8) is 0 Å². The Morgan fingerprint density at radius 2 is 1.53 bits per heavy atom. The molecular formula is C25H30N2O4S. The number of ether oxygens (including phenoxy) is 2. The molecule has 2 aromatic carbocycles. The van der Waals surface area contributed by atoms with Crippen molar-refractivity contribution in [2.45, 2.75) is 39.5 Å². The summed E-state index contributed by atoms with van der Waals surface area (Å²) in [5, 5.41) is 0.426. The average molecular weight is 455 g/mol. The first kappa shape index (κ1) is 23.9. The standard InChI is InChI=1S/C25H30N2O4S/c1-3-5-14-30-21-11-7-9-19(17-21)23(28)26-25-27(13-16-32-25)24(29)20-10-8-12-22(18-20)31-15-6-4-2/h7-12,17-18H,3-6,13-16H2,1-2H3. The summed E-state index contributed by atoms with van der Waals surface area (Å²) >= 11 is 1.41. The third-order valence-electron chi connectivity index (χ3n) is 4.91. The Morgan fingerprint density at radius 3 is 2.16 bits per heavy atom. The van der Waals surface area contributed by atoms with Gasteiger partial charge in [0.25, 0.3) is 11.8 Å². The van der Waals surface area contributed by atoms with Crippen molar-refractivity contribution in [2.24, 2.45) is 4.99 Å². The zero-order valence-corrected chi connectivity index (χ0v) is 19.5. The first-order valence-corrected chi connectivity index (χ1v) is 12.1. The van der Waals surface area contributed by atoms with Crippen LogP contribution in [-0.2, 0) is 0 Å². The summed E-state index contributed by atoms with van der Waals surface area (Å²) in [5.74, 6) is 1.45. The number of carbonyl (C=O) groups excluding carboxylic acids is 2. The maximum Gasteiger partial charge on any atom is 0.279 e. The normalized spacial score (nSPS) is 14.6. The molecule has 1 fully saturated rings. The summed E-state index contributed by atoms with van der Waals surface area (Å²) in [6.07, 6.45) is 4.01. The second kappa shape index (κ2) is 12.3. The van der Waals surface area contributed by atoms with E-state index in [4.69, 9.17) is 9.47 Å². The molecular weight excluding hydrogens is 424 g/mol. The van der Waals surface area contributed by atoms with Crippen molar-refractivity contribution in [2.75, 3.05) is 25.5 Å². The van der Waals surface area contributed by atoms with Crippen LogP contribution in [0, 0.1) is 0 Å². The molecule has 2 amide bonds. The zero-order valence-electron chi connectivity index (χ0n) is 18.7. The van der Waals surface area contributed by atoms with Gasteiger partial charge in [0.1, 0.15) is 11.5 Å². The van der Waals surface area contributed by atoms with Crippen molar-refractivity contribution in [1.29, 1.82) is 0 Å². The van der Waals surface area contributed by atoms with Crippen LogP contribution in [0.1, 0.15) is 60.2 Å². The van der Waals surface area contributed by atoms with E-state index in [9.17, 15) is 9.59 Å². The van der Waals surface area contributed by atoms with Crippen molar-refractivity contribution in [3.8, 4) is 11.5 Å². The highest BCUT2D eigenvalue weighted by molar-refractivity contribution is 8.14. The van der Waals surface area contributed by atoms with Crippen molar-refractivity contribution < 1.29 is 19.1 Å². The topological polar surface area (TPSA) is 68.2 Å². The number of carbonyl (C=O) groups is 2. The van der Waals surface area contributed by atoms with Crippen LogP contribution in [0.5, 0.6) is 11.5 Å². The predicted octanol–water partition coefficient (Wildman–Crippen LogP) is 5.43. The van der Waals surface area contributed by atoms with E-state index in [1.165, 1.54) is 11.8 Å². The van der Waals surface area contributed by atoms with Crippen molar-refractivity contribution in [1.82, 2.24) is 4.90 Å². The van der Waals surface area contributed by atoms with Crippen LogP contribution >= 0.6 is 11.8 Å². The number of amidine groups is 1. The highest BCUT2D eigenvalue weighted by Gasteiger charge is 2.28. The smallest absolute Gasteiger partial charge is 0.279 e. The lowest BCUT2D eigenvalue weighted by atomic mass is 10.2. The zero-order chi connectivity index (χ0) is 22.8. The molecule has 0 aromatic heterocycles. The van der Waals surface area contributed by atoms with E-state index < -0.39 is 0 Å². The molecule has 0 spiro atoms. The minimum atomic E-state index is -0.384. The van der Waals surface area contributed by atoms with E-state index in [1.54, 1.807) is 35.2 Å². The molecule has 3 rings (SSSR count). The lowest BCUT2D eigenvalue weighted by Crippen LogP contribution is -2.32. The van der Waals surface area contributed by atoms with Gasteiger partial charge < -0.3 is 9.47 Å². The van der Waals surface area contributed by atoms with Crippen LogP contribution in [0.4, 0.5) is 0 Å². The number of hydrogen-bond acceptors (Lipinski definition) is 5. The molecule has 0 aliphatic carbocycles. The average Bonchev–Trinajstić information content (AvgIpc) is 3.27. The molecule has 1 aliphatic rings. The van der Waals surface area contributed by atoms with Gasteiger partial charge in [-0.15, -0.1) is 0 Å². The summed E-state index contributed by atoms with van der Waals surface area (Å²) in [7, 11) is 0. The fraction of sp³-hybridized carbons (Fsp3) is 0.400. The van der Waals surface area contributed by atoms with Gasteiger partial charge in [-0.1, -0.05) is 50.6 Å². The molecule has 1 saturated heterocycles. The third-order valence-corrected chi connectivity index (χ3v) is 5.87. The molecule has 7 heteroatoms. The summed E-state index contributed by atoms with van der Waals surface area (Å²) in [5.41, 5.74) is 0.964. The molecule has 1 heterocycles. The summed E-state index contributed by atoms with van der Waals surface area (Å²) in [4.78, 5) is 31.7. The molecule has 0 bridgehead atoms. The van der Waals surface area contributed by atoms with Gasteiger partial charge in [0.2, 0.25) is 0 Å². The SMILES string of the molecule is CCCCOc1cccc(C(=O)N=C2SCCN2C(=O)c2cccc(OCCCC)c2)c1. The number of aliphatic imine (C=N–C) groups is 1. The van der Waals surface area contributed by atoms with E-state index in [1.807, 2.05) is 18.2 Å². The Bertz CT molecular complexity index is 960. The van der Waals surface area contributed by atoms with Crippen LogP contribution in [0.25, 0.3) is 0 Å². The fourth-order valence-corrected chi connectivity index (χ4v) is 4.03. The van der Waals surface area contributed by atoms with Gasteiger partial charge in [0.05, 0.1) is 13.2 Å². The van der Waals surface area contributed by atoms with Gasteiger partial charge in [0, 0.05) is 23.4 Å².